The van der Waals surface area contributed by atoms with Gasteiger partial charge in [-0.15, -0.1) is 24.0 Å². The van der Waals surface area contributed by atoms with Crippen LogP contribution in [0.5, 0.6) is 0 Å². The van der Waals surface area contributed by atoms with E-state index in [0.717, 1.165) is 25.6 Å². The van der Waals surface area contributed by atoms with E-state index in [1.165, 1.54) is 37.3 Å². The number of likely N-dealkylation sites (N-methyl/N-ethyl adjacent to an activating group) is 1. The Balaban J connectivity index is 0.00000338. The zero-order valence-corrected chi connectivity index (χ0v) is 19.4. The molecule has 1 saturated heterocycles. The third kappa shape index (κ3) is 7.40. The maximum Gasteiger partial charge on any atom is 0.193 e. The van der Waals surface area contributed by atoms with Gasteiger partial charge in [-0.25, -0.2) is 0 Å². The van der Waals surface area contributed by atoms with Crippen molar-refractivity contribution >= 4 is 29.9 Å². The number of rotatable bonds is 6. The van der Waals surface area contributed by atoms with Crippen molar-refractivity contribution in [3.63, 3.8) is 0 Å². The fraction of sp³-hybridized carbons (Fsp3) is 0.650. The first-order valence-corrected chi connectivity index (χ1v) is 9.36. The quantitative estimate of drug-likeness (QED) is 0.391. The molecule has 0 bridgehead atoms. The minimum Gasteiger partial charge on any atom is -0.356 e. The molecule has 0 aliphatic carbocycles. The second kappa shape index (κ2) is 11.8. The lowest BCUT2D eigenvalue weighted by atomic mass is 10.1. The predicted molar refractivity (Wildman–Crippen MR) is 123 cm³/mol. The standard InChI is InChI=1S/C20H35N5.HI/c1-17(15-25-12-10-23(4)11-13-25)14-22-20(21-3)24(5)16-19-9-7-6-8-18(19)2;/h6-9,17H,10-16H2,1-5H3,(H,21,22);1H. The predicted octanol–water partition coefficient (Wildman–Crippen LogP) is 2.50. The number of hydrogen-bond acceptors (Lipinski definition) is 3. The molecule has 2 rings (SSSR count). The first-order chi connectivity index (χ1) is 12.0. The molecule has 6 heteroatoms. The molecule has 0 radical (unpaired) electrons. The Kier molecular flexibility index (Phi) is 10.5. The summed E-state index contributed by atoms with van der Waals surface area (Å²) in [4.78, 5) is 11.6. The lowest BCUT2D eigenvalue weighted by Crippen LogP contribution is -2.47. The molecular formula is C20H36IN5. The smallest absolute Gasteiger partial charge is 0.193 e. The van der Waals surface area contributed by atoms with Gasteiger partial charge in [0, 0.05) is 59.9 Å². The summed E-state index contributed by atoms with van der Waals surface area (Å²) in [6, 6.07) is 8.54. The van der Waals surface area contributed by atoms with Gasteiger partial charge in [-0.05, 0) is 31.0 Å². The van der Waals surface area contributed by atoms with Gasteiger partial charge in [-0.3, -0.25) is 4.99 Å². The third-order valence-electron chi connectivity index (χ3n) is 5.02. The Bertz CT molecular complexity index is 555. The van der Waals surface area contributed by atoms with Gasteiger partial charge in [0.2, 0.25) is 0 Å². The van der Waals surface area contributed by atoms with Crippen LogP contribution >= 0.6 is 24.0 Å². The normalized spacial score (nSPS) is 17.5. The van der Waals surface area contributed by atoms with E-state index in [1.54, 1.807) is 0 Å². The third-order valence-corrected chi connectivity index (χ3v) is 5.02. The number of nitrogens with zero attached hydrogens (tertiary/aromatic N) is 4. The number of aliphatic imine (C=N–C) groups is 1. The molecule has 0 amide bonds. The molecule has 1 heterocycles. The molecule has 1 N–H and O–H groups in total. The van der Waals surface area contributed by atoms with Crippen molar-refractivity contribution in [1.82, 2.24) is 20.0 Å². The number of piperazine rings is 1. The summed E-state index contributed by atoms with van der Waals surface area (Å²) in [5.74, 6) is 1.57. The van der Waals surface area contributed by atoms with Gasteiger partial charge >= 0.3 is 0 Å². The van der Waals surface area contributed by atoms with Crippen molar-refractivity contribution in [1.29, 1.82) is 0 Å². The van der Waals surface area contributed by atoms with E-state index in [1.807, 2.05) is 7.05 Å². The molecule has 1 fully saturated rings. The van der Waals surface area contributed by atoms with Crippen LogP contribution < -0.4 is 5.32 Å². The summed E-state index contributed by atoms with van der Waals surface area (Å²) in [5, 5.41) is 3.55. The molecule has 1 aliphatic heterocycles. The van der Waals surface area contributed by atoms with E-state index in [9.17, 15) is 0 Å². The van der Waals surface area contributed by atoms with Crippen LogP contribution in [0.4, 0.5) is 0 Å². The monoisotopic (exact) mass is 473 g/mol. The van der Waals surface area contributed by atoms with Crippen LogP contribution in [0.3, 0.4) is 0 Å². The number of guanidine groups is 1. The number of benzene rings is 1. The summed E-state index contributed by atoms with van der Waals surface area (Å²) in [6.45, 7) is 12.2. The number of hydrogen-bond donors (Lipinski definition) is 1. The van der Waals surface area contributed by atoms with Gasteiger partial charge in [0.25, 0.3) is 0 Å². The summed E-state index contributed by atoms with van der Waals surface area (Å²) >= 11 is 0. The van der Waals surface area contributed by atoms with Gasteiger partial charge in [0.05, 0.1) is 0 Å². The maximum absolute atomic E-state index is 4.45. The molecule has 148 valence electrons. The van der Waals surface area contributed by atoms with Crippen molar-refractivity contribution in [3.05, 3.63) is 35.4 Å². The van der Waals surface area contributed by atoms with E-state index in [-0.39, 0.29) is 24.0 Å². The largest absolute Gasteiger partial charge is 0.356 e. The molecular weight excluding hydrogens is 437 g/mol. The topological polar surface area (TPSA) is 34.1 Å². The fourth-order valence-corrected chi connectivity index (χ4v) is 3.30. The number of nitrogens with one attached hydrogen (secondary N) is 1. The van der Waals surface area contributed by atoms with Crippen LogP contribution in [0, 0.1) is 12.8 Å². The van der Waals surface area contributed by atoms with Gasteiger partial charge in [0.15, 0.2) is 5.96 Å². The SMILES string of the molecule is CN=C(NCC(C)CN1CCN(C)CC1)N(C)Cc1ccccc1C.I. The van der Waals surface area contributed by atoms with Crippen molar-refractivity contribution in [2.45, 2.75) is 20.4 Å². The molecule has 1 unspecified atom stereocenters. The van der Waals surface area contributed by atoms with Crippen LogP contribution in [0.25, 0.3) is 0 Å². The molecule has 26 heavy (non-hydrogen) atoms. The highest BCUT2D eigenvalue weighted by molar-refractivity contribution is 14.0. The average molecular weight is 473 g/mol. The molecule has 1 aromatic carbocycles. The molecule has 5 nitrogen and oxygen atoms in total. The molecule has 1 atom stereocenters. The van der Waals surface area contributed by atoms with Crippen molar-refractivity contribution in [2.24, 2.45) is 10.9 Å². The Labute approximate surface area is 176 Å². The zero-order valence-electron chi connectivity index (χ0n) is 17.0. The van der Waals surface area contributed by atoms with Crippen molar-refractivity contribution < 1.29 is 0 Å². The van der Waals surface area contributed by atoms with Gasteiger partial charge < -0.3 is 20.0 Å². The van der Waals surface area contributed by atoms with Gasteiger partial charge in [0.1, 0.15) is 0 Å². The molecule has 0 aromatic heterocycles. The first-order valence-electron chi connectivity index (χ1n) is 9.36. The van der Waals surface area contributed by atoms with Gasteiger partial charge in [-0.2, -0.15) is 0 Å². The molecule has 1 aliphatic rings. The zero-order chi connectivity index (χ0) is 18.2. The van der Waals surface area contributed by atoms with Crippen LogP contribution in [0.15, 0.2) is 29.3 Å². The van der Waals surface area contributed by atoms with E-state index < -0.39 is 0 Å². The first kappa shape index (κ1) is 23.2. The molecule has 0 spiro atoms. The summed E-state index contributed by atoms with van der Waals surface area (Å²) in [7, 11) is 6.17. The number of aryl methyl sites for hydroxylation is 1. The maximum atomic E-state index is 4.45. The van der Waals surface area contributed by atoms with Crippen LogP contribution in [0.2, 0.25) is 0 Å². The molecule has 0 saturated carbocycles. The minimum absolute atomic E-state index is 0. The van der Waals surface area contributed by atoms with E-state index in [2.05, 4.69) is 77.2 Å². The lowest BCUT2D eigenvalue weighted by Gasteiger charge is -2.34. The van der Waals surface area contributed by atoms with Crippen molar-refractivity contribution in [3.8, 4) is 0 Å². The highest BCUT2D eigenvalue weighted by atomic mass is 127. The highest BCUT2D eigenvalue weighted by Crippen LogP contribution is 2.10. The van der Waals surface area contributed by atoms with E-state index in [0.29, 0.717) is 5.92 Å². The van der Waals surface area contributed by atoms with Crippen LogP contribution in [0.1, 0.15) is 18.1 Å². The Morgan fingerprint density at radius 3 is 2.50 bits per heavy atom. The fourth-order valence-electron chi connectivity index (χ4n) is 3.30. The summed E-state index contributed by atoms with van der Waals surface area (Å²) in [6.07, 6.45) is 0. The van der Waals surface area contributed by atoms with Crippen LogP contribution in [-0.4, -0.2) is 81.1 Å². The van der Waals surface area contributed by atoms with E-state index >= 15 is 0 Å². The van der Waals surface area contributed by atoms with Crippen LogP contribution in [-0.2, 0) is 6.54 Å². The number of halogens is 1. The minimum atomic E-state index is 0. The Hall–Kier alpha value is -0.860. The summed E-state index contributed by atoms with van der Waals surface area (Å²) in [5.41, 5.74) is 2.67. The Morgan fingerprint density at radius 1 is 1.23 bits per heavy atom. The van der Waals surface area contributed by atoms with Gasteiger partial charge in [-0.1, -0.05) is 31.2 Å². The van der Waals surface area contributed by atoms with Crippen molar-refractivity contribution in [2.75, 3.05) is 60.4 Å². The second-order valence-electron chi connectivity index (χ2n) is 7.42. The molecule has 1 aromatic rings. The average Bonchev–Trinajstić information content (AvgIpc) is 2.59. The van der Waals surface area contributed by atoms with E-state index in [4.69, 9.17) is 0 Å². The summed E-state index contributed by atoms with van der Waals surface area (Å²) < 4.78 is 0. The lowest BCUT2D eigenvalue weighted by molar-refractivity contribution is 0.139. The second-order valence-corrected chi connectivity index (χ2v) is 7.42. The Morgan fingerprint density at radius 2 is 1.88 bits per heavy atom. The highest BCUT2D eigenvalue weighted by Gasteiger charge is 2.16.